The topological polar surface area (TPSA) is 84.6 Å². The summed E-state index contributed by atoms with van der Waals surface area (Å²) in [7, 11) is 1.69. The highest BCUT2D eigenvalue weighted by molar-refractivity contribution is 5.80. The van der Waals surface area contributed by atoms with Crippen LogP contribution in [0.15, 0.2) is 24.3 Å². The van der Waals surface area contributed by atoms with Gasteiger partial charge in [0, 0.05) is 36.6 Å². The molecule has 2 heterocycles. The smallest absolute Gasteiger partial charge is 0.227 e. The molecule has 1 saturated heterocycles. The first-order valence-electron chi connectivity index (χ1n) is 9.51. The molecule has 0 aliphatic carbocycles. The van der Waals surface area contributed by atoms with Crippen LogP contribution in [-0.4, -0.2) is 53.1 Å². The third-order valence-corrected chi connectivity index (χ3v) is 5.40. The monoisotopic (exact) mass is 383 g/mol. The average molecular weight is 383 g/mol. The van der Waals surface area contributed by atoms with E-state index in [4.69, 9.17) is 10.5 Å². The van der Waals surface area contributed by atoms with Gasteiger partial charge in [0.2, 0.25) is 11.9 Å². The summed E-state index contributed by atoms with van der Waals surface area (Å²) in [5.41, 5.74) is 8.94. The zero-order valence-electron chi connectivity index (χ0n) is 17.3. The number of carbonyl (C=O) groups excluding carboxylic acids is 1. The summed E-state index contributed by atoms with van der Waals surface area (Å²) < 4.78 is 5.53. The number of hydrogen-bond donors (Lipinski definition) is 1. The van der Waals surface area contributed by atoms with Gasteiger partial charge in [0.15, 0.2) is 0 Å². The van der Waals surface area contributed by atoms with Crippen molar-refractivity contribution in [3.05, 3.63) is 41.2 Å². The SMILES string of the molecule is COc1ccccc1N1CCN(C(=O)Cc2c(C)nc(N)nc2C)CC1(C)C. The van der Waals surface area contributed by atoms with Crippen molar-refractivity contribution < 1.29 is 9.53 Å². The van der Waals surface area contributed by atoms with Crippen molar-refractivity contribution in [2.24, 2.45) is 0 Å². The number of rotatable bonds is 4. The van der Waals surface area contributed by atoms with E-state index in [0.717, 1.165) is 34.9 Å². The van der Waals surface area contributed by atoms with E-state index in [1.807, 2.05) is 36.9 Å². The number of benzene rings is 1. The summed E-state index contributed by atoms with van der Waals surface area (Å²) in [6.07, 6.45) is 0.294. The molecule has 3 rings (SSSR count). The van der Waals surface area contributed by atoms with Crippen LogP contribution in [0.2, 0.25) is 0 Å². The Morgan fingerprint density at radius 2 is 1.82 bits per heavy atom. The van der Waals surface area contributed by atoms with E-state index in [0.29, 0.717) is 19.5 Å². The Balaban J connectivity index is 1.76. The fourth-order valence-corrected chi connectivity index (χ4v) is 3.95. The molecule has 1 aliphatic heterocycles. The van der Waals surface area contributed by atoms with Crippen LogP contribution in [-0.2, 0) is 11.2 Å². The molecule has 0 bridgehead atoms. The first-order chi connectivity index (χ1) is 13.2. The Morgan fingerprint density at radius 3 is 2.43 bits per heavy atom. The number of aryl methyl sites for hydroxylation is 2. The minimum atomic E-state index is -0.218. The maximum Gasteiger partial charge on any atom is 0.227 e. The number of piperazine rings is 1. The van der Waals surface area contributed by atoms with Crippen molar-refractivity contribution in [1.82, 2.24) is 14.9 Å². The molecule has 0 unspecified atom stereocenters. The third kappa shape index (κ3) is 3.88. The molecule has 150 valence electrons. The van der Waals surface area contributed by atoms with Gasteiger partial charge in [0.1, 0.15) is 5.75 Å². The first-order valence-corrected chi connectivity index (χ1v) is 9.51. The van der Waals surface area contributed by atoms with Gasteiger partial charge < -0.3 is 20.3 Å². The molecule has 1 amide bonds. The van der Waals surface area contributed by atoms with Crippen LogP contribution < -0.4 is 15.4 Å². The number of carbonyl (C=O) groups is 1. The number of amides is 1. The number of nitrogens with two attached hydrogens (primary N) is 1. The van der Waals surface area contributed by atoms with Crippen molar-refractivity contribution in [3.63, 3.8) is 0 Å². The lowest BCUT2D eigenvalue weighted by Gasteiger charge is -2.48. The van der Waals surface area contributed by atoms with Gasteiger partial charge in [-0.15, -0.1) is 0 Å². The summed E-state index contributed by atoms with van der Waals surface area (Å²) in [4.78, 5) is 25.7. The second-order valence-electron chi connectivity index (χ2n) is 7.86. The van der Waals surface area contributed by atoms with Crippen LogP contribution in [0.1, 0.15) is 30.8 Å². The van der Waals surface area contributed by atoms with Gasteiger partial charge in [-0.1, -0.05) is 12.1 Å². The zero-order valence-corrected chi connectivity index (χ0v) is 17.3. The van der Waals surface area contributed by atoms with E-state index in [-0.39, 0.29) is 17.4 Å². The Hall–Kier alpha value is -2.83. The highest BCUT2D eigenvalue weighted by Crippen LogP contribution is 2.35. The molecule has 0 spiro atoms. The molecule has 7 nitrogen and oxygen atoms in total. The lowest BCUT2D eigenvalue weighted by Crippen LogP contribution is -2.61. The van der Waals surface area contributed by atoms with E-state index in [2.05, 4.69) is 34.8 Å². The van der Waals surface area contributed by atoms with Gasteiger partial charge in [0.05, 0.1) is 24.8 Å². The van der Waals surface area contributed by atoms with Crippen molar-refractivity contribution in [2.75, 3.05) is 37.4 Å². The lowest BCUT2D eigenvalue weighted by atomic mass is 9.96. The zero-order chi connectivity index (χ0) is 20.5. The van der Waals surface area contributed by atoms with Crippen molar-refractivity contribution in [2.45, 2.75) is 39.7 Å². The highest BCUT2D eigenvalue weighted by atomic mass is 16.5. The highest BCUT2D eigenvalue weighted by Gasteiger charge is 2.36. The van der Waals surface area contributed by atoms with E-state index in [9.17, 15) is 4.79 Å². The molecule has 7 heteroatoms. The van der Waals surface area contributed by atoms with Crippen LogP contribution in [0.5, 0.6) is 5.75 Å². The number of nitrogens with zero attached hydrogens (tertiary/aromatic N) is 4. The average Bonchev–Trinajstić information content (AvgIpc) is 2.63. The first kappa shape index (κ1) is 19.9. The summed E-state index contributed by atoms with van der Waals surface area (Å²) in [6, 6.07) is 8.01. The van der Waals surface area contributed by atoms with E-state index in [1.54, 1.807) is 7.11 Å². The molecule has 28 heavy (non-hydrogen) atoms. The Kier molecular flexibility index (Phi) is 5.45. The Bertz CT molecular complexity index is 858. The van der Waals surface area contributed by atoms with Crippen molar-refractivity contribution in [3.8, 4) is 5.75 Å². The number of nitrogen functional groups attached to an aromatic ring is 1. The van der Waals surface area contributed by atoms with E-state index >= 15 is 0 Å². The van der Waals surface area contributed by atoms with Crippen LogP contribution >= 0.6 is 0 Å². The number of aromatic nitrogens is 2. The summed E-state index contributed by atoms with van der Waals surface area (Å²) in [5, 5.41) is 0. The van der Waals surface area contributed by atoms with Crippen LogP contribution in [0.3, 0.4) is 0 Å². The van der Waals surface area contributed by atoms with Gasteiger partial charge in [-0.3, -0.25) is 4.79 Å². The van der Waals surface area contributed by atoms with Gasteiger partial charge in [-0.25, -0.2) is 9.97 Å². The standard InChI is InChI=1S/C21H29N5O2/c1-14-16(15(2)24-20(22)23-14)12-19(27)25-10-11-26(21(3,4)13-25)17-8-6-7-9-18(17)28-5/h6-9H,10-13H2,1-5H3,(H2,22,23,24). The molecule has 0 atom stereocenters. The summed E-state index contributed by atoms with van der Waals surface area (Å²) >= 11 is 0. The maximum absolute atomic E-state index is 13.0. The van der Waals surface area contributed by atoms with E-state index in [1.165, 1.54) is 0 Å². The summed E-state index contributed by atoms with van der Waals surface area (Å²) in [5.74, 6) is 1.19. The molecule has 0 saturated carbocycles. The Morgan fingerprint density at radius 1 is 1.18 bits per heavy atom. The molecular formula is C21H29N5O2. The molecule has 0 radical (unpaired) electrons. The predicted octanol–water partition coefficient (Wildman–Crippen LogP) is 2.35. The Labute approximate surface area is 166 Å². The second kappa shape index (κ2) is 7.66. The quantitative estimate of drug-likeness (QED) is 0.872. The number of ether oxygens (including phenoxy) is 1. The van der Waals surface area contributed by atoms with Crippen LogP contribution in [0.4, 0.5) is 11.6 Å². The molecular weight excluding hydrogens is 354 g/mol. The molecule has 1 fully saturated rings. The van der Waals surface area contributed by atoms with Gasteiger partial charge in [-0.05, 0) is 39.8 Å². The maximum atomic E-state index is 13.0. The second-order valence-corrected chi connectivity index (χ2v) is 7.86. The van der Waals surface area contributed by atoms with Gasteiger partial charge >= 0.3 is 0 Å². The van der Waals surface area contributed by atoms with E-state index < -0.39 is 0 Å². The van der Waals surface area contributed by atoms with Crippen molar-refractivity contribution >= 4 is 17.5 Å². The largest absolute Gasteiger partial charge is 0.495 e. The minimum Gasteiger partial charge on any atom is -0.495 e. The van der Waals surface area contributed by atoms with Gasteiger partial charge in [-0.2, -0.15) is 0 Å². The van der Waals surface area contributed by atoms with Crippen LogP contribution in [0, 0.1) is 13.8 Å². The molecule has 1 aromatic carbocycles. The molecule has 2 N–H and O–H groups in total. The lowest BCUT2D eigenvalue weighted by molar-refractivity contribution is -0.132. The number of para-hydroxylation sites is 2. The summed E-state index contributed by atoms with van der Waals surface area (Å²) in [6.45, 7) is 10.1. The molecule has 2 aromatic rings. The predicted molar refractivity (Wildman–Crippen MR) is 111 cm³/mol. The minimum absolute atomic E-state index is 0.0901. The van der Waals surface area contributed by atoms with Crippen LogP contribution in [0.25, 0.3) is 0 Å². The van der Waals surface area contributed by atoms with Gasteiger partial charge in [0.25, 0.3) is 0 Å². The van der Waals surface area contributed by atoms with Crippen molar-refractivity contribution in [1.29, 1.82) is 0 Å². The third-order valence-electron chi connectivity index (χ3n) is 5.40. The molecule has 1 aliphatic rings. The normalized spacial score (nSPS) is 16.2. The number of hydrogen-bond acceptors (Lipinski definition) is 6. The molecule has 1 aromatic heterocycles. The fourth-order valence-electron chi connectivity index (χ4n) is 3.95. The number of anilines is 2. The fraction of sp³-hybridized carbons (Fsp3) is 0.476. The number of methoxy groups -OCH3 is 1.